The molecule has 1 aliphatic rings. The Hall–Kier alpha value is -3.07. The van der Waals surface area contributed by atoms with Crippen molar-refractivity contribution in [2.45, 2.75) is 32.1 Å². The highest BCUT2D eigenvalue weighted by Crippen LogP contribution is 2.42. The van der Waals surface area contributed by atoms with Crippen LogP contribution in [0.25, 0.3) is 11.0 Å². The van der Waals surface area contributed by atoms with E-state index in [1.54, 1.807) is 0 Å². The van der Waals surface area contributed by atoms with Gasteiger partial charge in [0.2, 0.25) is 0 Å². The topological polar surface area (TPSA) is 97.8 Å². The Labute approximate surface area is 138 Å². The van der Waals surface area contributed by atoms with Crippen molar-refractivity contribution in [2.24, 2.45) is 0 Å². The third-order valence-corrected chi connectivity index (χ3v) is 4.49. The summed E-state index contributed by atoms with van der Waals surface area (Å²) in [4.78, 5) is 12.9. The van der Waals surface area contributed by atoms with Crippen molar-refractivity contribution in [3.8, 4) is 6.07 Å². The van der Waals surface area contributed by atoms with Crippen LogP contribution in [0.5, 0.6) is 0 Å². The average molecular weight is 320 g/mol. The van der Waals surface area contributed by atoms with Crippen LogP contribution in [0.4, 0.5) is 5.82 Å². The number of nitrogens with zero attached hydrogens (tertiary/aromatic N) is 3. The van der Waals surface area contributed by atoms with Gasteiger partial charge in [-0.05, 0) is 37.0 Å². The highest BCUT2D eigenvalue weighted by Gasteiger charge is 2.33. The van der Waals surface area contributed by atoms with Crippen molar-refractivity contribution in [1.82, 2.24) is 9.78 Å². The van der Waals surface area contributed by atoms with E-state index >= 15 is 0 Å². The van der Waals surface area contributed by atoms with E-state index in [1.165, 1.54) is 6.26 Å². The predicted molar refractivity (Wildman–Crippen MR) is 88.6 cm³/mol. The van der Waals surface area contributed by atoms with E-state index in [1.807, 2.05) is 18.2 Å². The maximum atomic E-state index is 12.9. The minimum Gasteiger partial charge on any atom is -0.463 e. The number of carbonyl (C=O) groups is 1. The van der Waals surface area contributed by atoms with Crippen LogP contribution in [-0.4, -0.2) is 15.7 Å². The van der Waals surface area contributed by atoms with Gasteiger partial charge in [0.25, 0.3) is 5.91 Å². The summed E-state index contributed by atoms with van der Waals surface area (Å²) in [5.74, 6) is -0.0305. The summed E-state index contributed by atoms with van der Waals surface area (Å²) in [6, 6.07) is 7.85. The second-order valence-corrected chi connectivity index (χ2v) is 6.08. The number of hydrogen-bond acceptors (Lipinski definition) is 5. The van der Waals surface area contributed by atoms with Gasteiger partial charge < -0.3 is 10.2 Å². The van der Waals surface area contributed by atoms with Crippen LogP contribution in [0.15, 0.2) is 28.9 Å². The SMILES string of the molecule is CCc1ccc2occ(C(=O)n3nc(C4CC4)c(C#N)c3N)c2c1. The molecule has 0 radical (unpaired) electrons. The van der Waals surface area contributed by atoms with E-state index in [0.29, 0.717) is 22.4 Å². The molecule has 6 nitrogen and oxygen atoms in total. The van der Waals surface area contributed by atoms with Crippen LogP contribution in [-0.2, 0) is 6.42 Å². The number of aryl methyl sites for hydroxylation is 1. The molecule has 0 bridgehead atoms. The summed E-state index contributed by atoms with van der Waals surface area (Å²) in [5.41, 5.74) is 9.12. The molecule has 1 fully saturated rings. The third kappa shape index (κ3) is 2.09. The maximum absolute atomic E-state index is 12.9. The van der Waals surface area contributed by atoms with Crippen LogP contribution in [0.1, 0.15) is 52.9 Å². The molecule has 120 valence electrons. The van der Waals surface area contributed by atoms with E-state index in [4.69, 9.17) is 10.2 Å². The number of aromatic nitrogens is 2. The van der Waals surface area contributed by atoms with Gasteiger partial charge in [-0.2, -0.15) is 15.0 Å². The first-order chi connectivity index (χ1) is 11.6. The maximum Gasteiger partial charge on any atom is 0.283 e. The van der Waals surface area contributed by atoms with Crippen LogP contribution < -0.4 is 5.73 Å². The molecule has 0 aliphatic heterocycles. The standard InChI is InChI=1S/C18H16N4O2/c1-2-10-3-6-15-12(7-10)14(9-24-15)18(23)22-17(20)13(8-19)16(21-22)11-4-5-11/h3,6-7,9,11H,2,4-5,20H2,1H3. The summed E-state index contributed by atoms with van der Waals surface area (Å²) in [6.07, 6.45) is 4.25. The van der Waals surface area contributed by atoms with Gasteiger partial charge in [-0.25, -0.2) is 0 Å². The van der Waals surface area contributed by atoms with Crippen LogP contribution >= 0.6 is 0 Å². The van der Waals surface area contributed by atoms with Gasteiger partial charge in [0, 0.05) is 11.3 Å². The van der Waals surface area contributed by atoms with E-state index < -0.39 is 0 Å². The first-order valence-electron chi connectivity index (χ1n) is 7.97. The molecule has 0 spiro atoms. The minimum absolute atomic E-state index is 0.102. The Morgan fingerprint density at radius 2 is 2.29 bits per heavy atom. The van der Waals surface area contributed by atoms with Gasteiger partial charge in [-0.3, -0.25) is 4.79 Å². The molecule has 0 atom stereocenters. The van der Waals surface area contributed by atoms with Crippen molar-refractivity contribution < 1.29 is 9.21 Å². The molecule has 24 heavy (non-hydrogen) atoms. The van der Waals surface area contributed by atoms with E-state index in [2.05, 4.69) is 18.1 Å². The number of carbonyl (C=O) groups excluding carboxylic acids is 1. The fourth-order valence-corrected chi connectivity index (χ4v) is 2.94. The summed E-state index contributed by atoms with van der Waals surface area (Å²) in [5, 5.41) is 14.4. The Bertz CT molecular complexity index is 1000. The van der Waals surface area contributed by atoms with Gasteiger partial charge >= 0.3 is 0 Å². The van der Waals surface area contributed by atoms with E-state index in [9.17, 15) is 10.1 Å². The van der Waals surface area contributed by atoms with Gasteiger partial charge in [-0.1, -0.05) is 13.0 Å². The zero-order chi connectivity index (χ0) is 16.8. The number of furan rings is 1. The zero-order valence-corrected chi connectivity index (χ0v) is 13.2. The Morgan fingerprint density at radius 3 is 2.96 bits per heavy atom. The summed E-state index contributed by atoms with van der Waals surface area (Å²) < 4.78 is 6.62. The van der Waals surface area contributed by atoms with Crippen LogP contribution in [0.3, 0.4) is 0 Å². The fourth-order valence-electron chi connectivity index (χ4n) is 2.94. The molecule has 0 amide bonds. The van der Waals surface area contributed by atoms with Crippen molar-refractivity contribution in [2.75, 3.05) is 5.73 Å². The van der Waals surface area contributed by atoms with Crippen LogP contribution in [0.2, 0.25) is 0 Å². The van der Waals surface area contributed by atoms with E-state index in [-0.39, 0.29) is 17.6 Å². The number of benzene rings is 1. The van der Waals surface area contributed by atoms with Crippen molar-refractivity contribution in [3.63, 3.8) is 0 Å². The number of fused-ring (bicyclic) bond motifs is 1. The van der Waals surface area contributed by atoms with Crippen molar-refractivity contribution in [1.29, 1.82) is 5.26 Å². The first-order valence-corrected chi connectivity index (χ1v) is 7.97. The lowest BCUT2D eigenvalue weighted by molar-refractivity contribution is 0.0948. The number of hydrogen-bond donors (Lipinski definition) is 1. The normalized spacial score (nSPS) is 14.0. The lowest BCUT2D eigenvalue weighted by atomic mass is 10.1. The second-order valence-electron chi connectivity index (χ2n) is 6.08. The molecule has 2 N–H and O–H groups in total. The number of nitrogen functional groups attached to an aromatic ring is 1. The highest BCUT2D eigenvalue weighted by atomic mass is 16.3. The third-order valence-electron chi connectivity index (χ3n) is 4.49. The highest BCUT2D eigenvalue weighted by molar-refractivity contribution is 6.07. The van der Waals surface area contributed by atoms with Crippen molar-refractivity contribution >= 4 is 22.7 Å². The van der Waals surface area contributed by atoms with Gasteiger partial charge in [0.05, 0.1) is 11.3 Å². The summed E-state index contributed by atoms with van der Waals surface area (Å²) in [6.45, 7) is 2.05. The first kappa shape index (κ1) is 14.5. The summed E-state index contributed by atoms with van der Waals surface area (Å²) >= 11 is 0. The Morgan fingerprint density at radius 1 is 1.50 bits per heavy atom. The average Bonchev–Trinajstić information content (AvgIpc) is 3.27. The molecule has 2 aromatic heterocycles. The second kappa shape index (κ2) is 5.24. The molecule has 2 heterocycles. The molecule has 1 saturated carbocycles. The number of nitriles is 1. The molecule has 1 aliphatic carbocycles. The number of nitrogens with two attached hydrogens (primary N) is 1. The van der Waals surface area contributed by atoms with Gasteiger partial charge in [-0.15, -0.1) is 0 Å². The van der Waals surface area contributed by atoms with Crippen LogP contribution in [0, 0.1) is 11.3 Å². The Balaban J connectivity index is 1.84. The number of rotatable bonds is 3. The zero-order valence-electron chi connectivity index (χ0n) is 13.2. The molecule has 3 aromatic rings. The van der Waals surface area contributed by atoms with Crippen molar-refractivity contribution in [3.05, 3.63) is 46.8 Å². The monoisotopic (exact) mass is 320 g/mol. The van der Waals surface area contributed by atoms with Gasteiger partial charge in [0.15, 0.2) is 0 Å². The minimum atomic E-state index is -0.372. The summed E-state index contributed by atoms with van der Waals surface area (Å²) in [7, 11) is 0. The molecule has 6 heteroatoms. The quantitative estimate of drug-likeness (QED) is 0.799. The van der Waals surface area contributed by atoms with E-state index in [0.717, 1.165) is 34.9 Å². The fraction of sp³-hybridized carbons (Fsp3) is 0.278. The molecular weight excluding hydrogens is 304 g/mol. The number of anilines is 1. The lowest BCUT2D eigenvalue weighted by Crippen LogP contribution is -2.16. The molecule has 0 saturated heterocycles. The molecule has 1 aromatic carbocycles. The largest absolute Gasteiger partial charge is 0.463 e. The molecule has 0 unspecified atom stereocenters. The molecular formula is C18H16N4O2. The Kier molecular flexibility index (Phi) is 3.17. The smallest absolute Gasteiger partial charge is 0.283 e. The lowest BCUT2D eigenvalue weighted by Gasteiger charge is -2.02. The molecule has 4 rings (SSSR count). The van der Waals surface area contributed by atoms with Gasteiger partial charge in [0.1, 0.15) is 29.3 Å². The predicted octanol–water partition coefficient (Wildman–Crippen LogP) is 3.21.